The van der Waals surface area contributed by atoms with Gasteiger partial charge in [-0.15, -0.1) is 0 Å². The second-order valence-corrected chi connectivity index (χ2v) is 8.31. The van der Waals surface area contributed by atoms with Gasteiger partial charge in [-0.3, -0.25) is 4.90 Å². The molecule has 0 amide bonds. The molecule has 0 aliphatic rings. The van der Waals surface area contributed by atoms with Crippen LogP contribution in [0.5, 0.6) is 0 Å². The van der Waals surface area contributed by atoms with Crippen LogP contribution in [0.2, 0.25) is 0 Å². The van der Waals surface area contributed by atoms with E-state index in [1.165, 1.54) is 0 Å². The molecule has 0 fully saturated rings. The highest BCUT2D eigenvalue weighted by molar-refractivity contribution is 9.10. The molecule has 1 aromatic heterocycles. The molecule has 0 aliphatic carbocycles. The predicted octanol–water partition coefficient (Wildman–Crippen LogP) is 8.65. The minimum atomic E-state index is 0.864. The summed E-state index contributed by atoms with van der Waals surface area (Å²) < 4.78 is 1.01. The van der Waals surface area contributed by atoms with Crippen LogP contribution in [0.15, 0.2) is 132 Å². The van der Waals surface area contributed by atoms with Crippen molar-refractivity contribution in [1.82, 2.24) is 4.98 Å². The molecular formula is C29H21BrN2. The molecular weight excluding hydrogens is 456 g/mol. The molecule has 0 spiro atoms. The first-order chi connectivity index (χ1) is 15.8. The van der Waals surface area contributed by atoms with Gasteiger partial charge in [0.1, 0.15) is 5.82 Å². The van der Waals surface area contributed by atoms with Gasteiger partial charge in [0.2, 0.25) is 0 Å². The lowest BCUT2D eigenvalue weighted by molar-refractivity contribution is 1.18. The van der Waals surface area contributed by atoms with Crippen molar-refractivity contribution >= 4 is 33.1 Å². The number of aromatic nitrogens is 1. The highest BCUT2D eigenvalue weighted by atomic mass is 79.9. The van der Waals surface area contributed by atoms with Gasteiger partial charge in [0, 0.05) is 15.7 Å². The van der Waals surface area contributed by atoms with Gasteiger partial charge >= 0.3 is 0 Å². The van der Waals surface area contributed by atoms with Gasteiger partial charge in [-0.25, -0.2) is 4.98 Å². The summed E-state index contributed by atoms with van der Waals surface area (Å²) in [6.45, 7) is 0. The van der Waals surface area contributed by atoms with Crippen molar-refractivity contribution in [1.29, 1.82) is 0 Å². The fraction of sp³-hybridized carbons (Fsp3) is 0. The number of halogens is 1. The molecule has 0 saturated heterocycles. The van der Waals surface area contributed by atoms with Gasteiger partial charge < -0.3 is 0 Å². The van der Waals surface area contributed by atoms with Gasteiger partial charge in [0.25, 0.3) is 0 Å². The van der Waals surface area contributed by atoms with Gasteiger partial charge in [0.05, 0.1) is 11.4 Å². The van der Waals surface area contributed by atoms with Crippen molar-refractivity contribution in [2.75, 3.05) is 4.90 Å². The molecule has 5 aromatic rings. The first-order valence-electron chi connectivity index (χ1n) is 10.5. The average Bonchev–Trinajstić information content (AvgIpc) is 2.87. The molecule has 154 valence electrons. The Morgan fingerprint density at radius 3 is 1.75 bits per heavy atom. The van der Waals surface area contributed by atoms with Gasteiger partial charge in [0.15, 0.2) is 0 Å². The first-order valence-corrected chi connectivity index (χ1v) is 11.3. The first kappa shape index (κ1) is 20.2. The molecule has 0 aliphatic heterocycles. The monoisotopic (exact) mass is 476 g/mol. The van der Waals surface area contributed by atoms with E-state index in [4.69, 9.17) is 4.98 Å². The zero-order chi connectivity index (χ0) is 21.8. The van der Waals surface area contributed by atoms with Gasteiger partial charge in [-0.05, 0) is 63.5 Å². The lowest BCUT2D eigenvalue weighted by Crippen LogP contribution is -2.12. The highest BCUT2D eigenvalue weighted by Crippen LogP contribution is 2.40. The van der Waals surface area contributed by atoms with E-state index in [1.807, 2.05) is 24.3 Å². The molecule has 0 bridgehead atoms. The van der Waals surface area contributed by atoms with Crippen LogP contribution in [0.1, 0.15) is 0 Å². The Balaban J connectivity index is 1.76. The third kappa shape index (κ3) is 4.20. The van der Waals surface area contributed by atoms with Crippen molar-refractivity contribution in [3.63, 3.8) is 0 Å². The Bertz CT molecular complexity index is 1260. The molecule has 3 heteroatoms. The zero-order valence-corrected chi connectivity index (χ0v) is 19.0. The Hall–Kier alpha value is -3.69. The van der Waals surface area contributed by atoms with Crippen molar-refractivity contribution in [2.24, 2.45) is 0 Å². The molecule has 2 nitrogen and oxygen atoms in total. The molecule has 0 unspecified atom stereocenters. The van der Waals surface area contributed by atoms with Crippen molar-refractivity contribution in [3.8, 4) is 22.4 Å². The quantitative estimate of drug-likeness (QED) is 0.252. The van der Waals surface area contributed by atoms with E-state index < -0.39 is 0 Å². The van der Waals surface area contributed by atoms with Crippen LogP contribution in [-0.2, 0) is 0 Å². The minimum Gasteiger partial charge on any atom is -0.294 e. The zero-order valence-electron chi connectivity index (χ0n) is 17.4. The fourth-order valence-corrected chi connectivity index (χ4v) is 4.25. The molecule has 0 saturated carbocycles. The normalized spacial score (nSPS) is 10.7. The van der Waals surface area contributed by atoms with Crippen LogP contribution >= 0.6 is 15.9 Å². The summed E-state index contributed by atoms with van der Waals surface area (Å²) in [5.74, 6) is 0.864. The number of para-hydroxylation sites is 2. The molecule has 0 N–H and O–H groups in total. The van der Waals surface area contributed by atoms with Crippen LogP contribution in [0, 0.1) is 0 Å². The van der Waals surface area contributed by atoms with Gasteiger partial charge in [-0.2, -0.15) is 0 Å². The Morgan fingerprint density at radius 2 is 1.09 bits per heavy atom. The number of hydrogen-bond donors (Lipinski definition) is 0. The summed E-state index contributed by atoms with van der Waals surface area (Å²) in [6, 6.07) is 43.7. The van der Waals surface area contributed by atoms with E-state index in [-0.39, 0.29) is 0 Å². The van der Waals surface area contributed by atoms with E-state index in [0.717, 1.165) is 44.0 Å². The minimum absolute atomic E-state index is 0.864. The van der Waals surface area contributed by atoms with E-state index in [0.29, 0.717) is 0 Å². The van der Waals surface area contributed by atoms with E-state index >= 15 is 0 Å². The fourth-order valence-electron chi connectivity index (χ4n) is 3.79. The van der Waals surface area contributed by atoms with E-state index in [9.17, 15) is 0 Å². The molecule has 0 radical (unpaired) electrons. The summed E-state index contributed by atoms with van der Waals surface area (Å²) in [6.07, 6.45) is 0. The van der Waals surface area contributed by atoms with E-state index in [1.54, 1.807) is 0 Å². The van der Waals surface area contributed by atoms with Crippen LogP contribution in [0.4, 0.5) is 17.2 Å². The molecule has 4 aromatic carbocycles. The van der Waals surface area contributed by atoms with Crippen LogP contribution in [0.25, 0.3) is 22.4 Å². The third-order valence-electron chi connectivity index (χ3n) is 5.33. The molecule has 1 heterocycles. The number of rotatable bonds is 5. The van der Waals surface area contributed by atoms with Crippen molar-refractivity contribution in [3.05, 3.63) is 132 Å². The van der Waals surface area contributed by atoms with Crippen LogP contribution in [0.3, 0.4) is 0 Å². The number of anilines is 3. The maximum Gasteiger partial charge on any atom is 0.138 e. The molecule has 0 atom stereocenters. The second-order valence-electron chi connectivity index (χ2n) is 7.45. The van der Waals surface area contributed by atoms with Gasteiger partial charge in [-0.1, -0.05) is 91.0 Å². The lowest BCUT2D eigenvalue weighted by Gasteiger charge is -2.26. The predicted molar refractivity (Wildman–Crippen MR) is 137 cm³/mol. The van der Waals surface area contributed by atoms with Crippen LogP contribution in [-0.4, -0.2) is 4.98 Å². The standard InChI is InChI=1S/C29H21BrN2/c30-26-18-10-11-19-28(26)32(25-16-8-3-9-17-25)29-21-24(22-12-4-1-5-13-22)20-27(31-29)23-14-6-2-7-15-23/h1-21H. The maximum atomic E-state index is 5.13. The Labute approximate surface area is 197 Å². The summed E-state index contributed by atoms with van der Waals surface area (Å²) >= 11 is 3.75. The summed E-state index contributed by atoms with van der Waals surface area (Å²) in [5.41, 5.74) is 6.41. The summed E-state index contributed by atoms with van der Waals surface area (Å²) in [7, 11) is 0. The maximum absolute atomic E-state index is 5.13. The highest BCUT2D eigenvalue weighted by Gasteiger charge is 2.18. The SMILES string of the molecule is Brc1ccccc1N(c1ccccc1)c1cc(-c2ccccc2)cc(-c2ccccc2)n1. The Kier molecular flexibility index (Phi) is 5.82. The third-order valence-corrected chi connectivity index (χ3v) is 6.00. The summed E-state index contributed by atoms with van der Waals surface area (Å²) in [4.78, 5) is 7.33. The van der Waals surface area contributed by atoms with Crippen LogP contribution < -0.4 is 4.90 Å². The number of pyridine rings is 1. The largest absolute Gasteiger partial charge is 0.294 e. The second kappa shape index (κ2) is 9.21. The smallest absolute Gasteiger partial charge is 0.138 e. The summed E-state index contributed by atoms with van der Waals surface area (Å²) in [5, 5.41) is 0. The number of benzene rings is 4. The number of hydrogen-bond acceptors (Lipinski definition) is 2. The van der Waals surface area contributed by atoms with E-state index in [2.05, 4.69) is 124 Å². The average molecular weight is 477 g/mol. The Morgan fingerprint density at radius 1 is 0.531 bits per heavy atom. The molecule has 32 heavy (non-hydrogen) atoms. The topological polar surface area (TPSA) is 16.1 Å². The molecule has 5 rings (SSSR count). The van der Waals surface area contributed by atoms with Crippen molar-refractivity contribution in [2.45, 2.75) is 0 Å². The number of nitrogens with zero attached hydrogens (tertiary/aromatic N) is 2. The van der Waals surface area contributed by atoms with Crippen molar-refractivity contribution < 1.29 is 0 Å². The lowest BCUT2D eigenvalue weighted by atomic mass is 10.0.